The normalized spacial score (nSPS) is 20.4. The van der Waals surface area contributed by atoms with Gasteiger partial charge in [-0.2, -0.15) is 17.5 Å². The van der Waals surface area contributed by atoms with Crippen molar-refractivity contribution in [3.63, 3.8) is 0 Å². The third-order valence-corrected chi connectivity index (χ3v) is 5.80. The quantitative estimate of drug-likeness (QED) is 0.567. The van der Waals surface area contributed by atoms with E-state index in [1.165, 1.54) is 6.07 Å². The van der Waals surface area contributed by atoms with E-state index in [0.29, 0.717) is 20.3 Å². The number of rotatable bonds is 2. The summed E-state index contributed by atoms with van der Waals surface area (Å²) < 4.78 is 70.5. The molecule has 2 atom stereocenters. The van der Waals surface area contributed by atoms with E-state index in [2.05, 4.69) is 4.37 Å². The zero-order chi connectivity index (χ0) is 22.0. The van der Waals surface area contributed by atoms with Gasteiger partial charge in [0.1, 0.15) is 17.2 Å². The van der Waals surface area contributed by atoms with Gasteiger partial charge in [-0.15, -0.1) is 0 Å². The molecule has 3 heterocycles. The summed E-state index contributed by atoms with van der Waals surface area (Å²) in [6.07, 6.45) is -6.16. The topological polar surface area (TPSA) is 75.4 Å². The molecule has 2 aromatic heterocycles. The van der Waals surface area contributed by atoms with E-state index in [9.17, 15) is 27.2 Å². The maximum Gasteiger partial charge on any atom is 0.431 e. The van der Waals surface area contributed by atoms with E-state index in [4.69, 9.17) is 9.47 Å². The van der Waals surface area contributed by atoms with Crippen LogP contribution in [0.5, 0.6) is 0 Å². The van der Waals surface area contributed by atoms with Crippen LogP contribution in [0, 0.1) is 5.82 Å². The number of hydrogen-bond donors (Lipinski definition) is 0. The van der Waals surface area contributed by atoms with Gasteiger partial charge in [-0.3, -0.25) is 9.36 Å². The Morgan fingerprint density at radius 1 is 1.10 bits per heavy atom. The highest BCUT2D eigenvalue weighted by molar-refractivity contribution is 7.13. The molecule has 1 aromatic carbocycles. The third-order valence-electron chi connectivity index (χ3n) is 4.98. The molecule has 1 saturated heterocycles. The average molecular weight is 445 g/mol. The molecular formula is C18H15F4N3O4S. The Balaban J connectivity index is 1.91. The van der Waals surface area contributed by atoms with E-state index in [1.807, 2.05) is 13.8 Å². The lowest BCUT2D eigenvalue weighted by molar-refractivity contribution is -0.144. The lowest BCUT2D eigenvalue weighted by atomic mass is 10.2. The molecule has 3 aromatic rings. The summed E-state index contributed by atoms with van der Waals surface area (Å²) in [6, 6.07) is 2.52. The molecule has 1 aliphatic heterocycles. The van der Waals surface area contributed by atoms with Crippen LogP contribution in [0.2, 0.25) is 0 Å². The first-order valence-electron chi connectivity index (χ1n) is 8.79. The van der Waals surface area contributed by atoms with Crippen molar-refractivity contribution in [3.8, 4) is 5.69 Å². The first kappa shape index (κ1) is 20.7. The molecule has 0 spiro atoms. The molecule has 1 fully saturated rings. The number of nitrogens with zero attached hydrogens (tertiary/aromatic N) is 3. The Labute approximate surface area is 170 Å². The van der Waals surface area contributed by atoms with Crippen molar-refractivity contribution in [2.45, 2.75) is 38.5 Å². The molecule has 4 rings (SSSR count). The van der Waals surface area contributed by atoms with Gasteiger partial charge in [0, 0.05) is 18.5 Å². The summed E-state index contributed by atoms with van der Waals surface area (Å²) in [5.74, 6) is -0.952. The molecule has 0 aliphatic carbocycles. The Kier molecular flexibility index (Phi) is 4.83. The predicted octanol–water partition coefficient (Wildman–Crippen LogP) is 3.13. The number of aromatic nitrogens is 3. The molecule has 12 heteroatoms. The lowest BCUT2D eigenvalue weighted by Gasteiger charge is -2.14. The Hall–Kier alpha value is -2.57. The first-order valence-corrected chi connectivity index (χ1v) is 9.56. The van der Waals surface area contributed by atoms with Crippen LogP contribution in [0.25, 0.3) is 15.8 Å². The van der Waals surface area contributed by atoms with E-state index >= 15 is 0 Å². The van der Waals surface area contributed by atoms with Gasteiger partial charge < -0.3 is 9.47 Å². The van der Waals surface area contributed by atoms with Gasteiger partial charge in [0.25, 0.3) is 5.56 Å². The Bertz CT molecular complexity index is 1250. The molecule has 0 saturated carbocycles. The number of hydrogen-bond acceptors (Lipinski definition) is 6. The smallest absolute Gasteiger partial charge is 0.341 e. The lowest BCUT2D eigenvalue weighted by Crippen LogP contribution is -2.41. The molecule has 30 heavy (non-hydrogen) atoms. The molecule has 0 radical (unpaired) electrons. The highest BCUT2D eigenvalue weighted by Crippen LogP contribution is 2.37. The molecule has 7 nitrogen and oxygen atoms in total. The number of fused-ring (bicyclic) bond motifs is 1. The number of halogens is 4. The van der Waals surface area contributed by atoms with Gasteiger partial charge in [0.15, 0.2) is 0 Å². The average Bonchev–Trinajstić information content (AvgIpc) is 3.20. The van der Waals surface area contributed by atoms with Crippen LogP contribution in [0.15, 0.2) is 27.8 Å². The number of benzene rings is 1. The van der Waals surface area contributed by atoms with E-state index < -0.39 is 40.9 Å². The van der Waals surface area contributed by atoms with Crippen LogP contribution in [0.3, 0.4) is 0 Å². The summed E-state index contributed by atoms with van der Waals surface area (Å²) in [5.41, 5.74) is -4.20. The van der Waals surface area contributed by atoms with Crippen LogP contribution in [0.1, 0.15) is 31.5 Å². The second-order valence-corrected chi connectivity index (χ2v) is 7.73. The van der Waals surface area contributed by atoms with Crippen LogP contribution < -0.4 is 11.2 Å². The molecule has 0 amide bonds. The van der Waals surface area contributed by atoms with E-state index in [-0.39, 0.29) is 22.8 Å². The van der Waals surface area contributed by atoms with Crippen molar-refractivity contribution in [1.29, 1.82) is 0 Å². The fourth-order valence-corrected chi connectivity index (χ4v) is 4.00. The fourth-order valence-electron chi connectivity index (χ4n) is 3.20. The molecule has 160 valence electrons. The van der Waals surface area contributed by atoms with Gasteiger partial charge in [-0.05, 0) is 37.5 Å². The maximum atomic E-state index is 14.7. The fraction of sp³-hybridized carbons (Fsp3) is 0.389. The second-order valence-electron chi connectivity index (χ2n) is 6.92. The molecule has 0 N–H and O–H groups in total. The maximum absolute atomic E-state index is 14.7. The van der Waals surface area contributed by atoms with Gasteiger partial charge in [0.2, 0.25) is 6.29 Å². The highest BCUT2D eigenvalue weighted by atomic mass is 32.1. The van der Waals surface area contributed by atoms with Crippen molar-refractivity contribution < 1.29 is 27.0 Å². The van der Waals surface area contributed by atoms with Gasteiger partial charge >= 0.3 is 11.9 Å². The largest absolute Gasteiger partial charge is 0.431 e. The Morgan fingerprint density at radius 2 is 1.73 bits per heavy atom. The van der Waals surface area contributed by atoms with Crippen LogP contribution in [-0.2, 0) is 22.7 Å². The molecular weight excluding hydrogens is 430 g/mol. The zero-order valence-electron chi connectivity index (χ0n) is 15.9. The summed E-state index contributed by atoms with van der Waals surface area (Å²) in [5, 5.41) is 0.372. The minimum Gasteiger partial charge on any atom is -0.341 e. The van der Waals surface area contributed by atoms with Gasteiger partial charge in [-0.25, -0.2) is 13.8 Å². The van der Waals surface area contributed by atoms with Crippen molar-refractivity contribution >= 4 is 21.6 Å². The van der Waals surface area contributed by atoms with Crippen molar-refractivity contribution in [3.05, 3.63) is 56.2 Å². The second kappa shape index (κ2) is 7.00. The standard InChI is InChI=1S/C18H15F4N3O4S/c1-7-8(2)29-16(28-7)15-9-4-11(10(19)5-12(9)30-23-15)25-14(26)6-13(18(20,21)22)24(3)17(25)27/h4-8,16H,1-3H3/t7-,8-/m1/s1. The highest BCUT2D eigenvalue weighted by Gasteiger charge is 2.36. The molecule has 0 unspecified atom stereocenters. The first-order chi connectivity index (χ1) is 14.0. The van der Waals surface area contributed by atoms with E-state index in [0.717, 1.165) is 24.6 Å². The summed E-state index contributed by atoms with van der Waals surface area (Å²) in [7, 11) is 0.859. The van der Waals surface area contributed by atoms with Gasteiger partial charge in [-0.1, -0.05) is 0 Å². The van der Waals surface area contributed by atoms with Crippen molar-refractivity contribution in [1.82, 2.24) is 13.5 Å². The minimum absolute atomic E-state index is 0.212. The van der Waals surface area contributed by atoms with Crippen molar-refractivity contribution in [2.75, 3.05) is 0 Å². The molecule has 0 bridgehead atoms. The number of ether oxygens (including phenoxy) is 2. The summed E-state index contributed by atoms with van der Waals surface area (Å²) in [6.45, 7) is 3.63. The van der Waals surface area contributed by atoms with Gasteiger partial charge in [0.05, 0.1) is 22.6 Å². The summed E-state index contributed by atoms with van der Waals surface area (Å²) >= 11 is 0.969. The molecule has 1 aliphatic rings. The number of alkyl halides is 3. The Morgan fingerprint density at radius 3 is 2.33 bits per heavy atom. The zero-order valence-corrected chi connectivity index (χ0v) is 16.7. The SMILES string of the molecule is C[C@H]1OC(c2nsc3cc(F)c(-n4c(=O)cc(C(F)(F)F)n(C)c4=O)cc23)O[C@@H]1C. The third kappa shape index (κ3) is 3.24. The van der Waals surface area contributed by atoms with Crippen LogP contribution in [-0.4, -0.2) is 25.7 Å². The minimum atomic E-state index is -4.91. The van der Waals surface area contributed by atoms with Crippen LogP contribution >= 0.6 is 11.5 Å². The van der Waals surface area contributed by atoms with Crippen LogP contribution in [0.4, 0.5) is 17.6 Å². The monoisotopic (exact) mass is 445 g/mol. The van der Waals surface area contributed by atoms with Crippen molar-refractivity contribution in [2.24, 2.45) is 7.05 Å². The summed E-state index contributed by atoms with van der Waals surface area (Å²) in [4.78, 5) is 24.8. The van der Waals surface area contributed by atoms with E-state index in [1.54, 1.807) is 0 Å². The predicted molar refractivity (Wildman–Crippen MR) is 99.3 cm³/mol.